The van der Waals surface area contributed by atoms with E-state index in [2.05, 4.69) is 23.9 Å². The van der Waals surface area contributed by atoms with Gasteiger partial charge in [0.2, 0.25) is 0 Å². The molecular weight excluding hydrogens is 236 g/mol. The van der Waals surface area contributed by atoms with E-state index in [-0.39, 0.29) is 5.78 Å². The summed E-state index contributed by atoms with van der Waals surface area (Å²) in [6.07, 6.45) is 3.05. The predicted molar refractivity (Wildman–Crippen MR) is 78.5 cm³/mol. The van der Waals surface area contributed by atoms with E-state index >= 15 is 0 Å². The van der Waals surface area contributed by atoms with Crippen molar-refractivity contribution >= 4 is 5.78 Å². The lowest BCUT2D eigenvalue weighted by molar-refractivity contribution is 0.0939. The molecule has 104 valence electrons. The van der Waals surface area contributed by atoms with E-state index in [1.54, 1.807) is 0 Å². The minimum atomic E-state index is 0.250. The molecule has 1 aromatic carbocycles. The molecule has 3 heteroatoms. The van der Waals surface area contributed by atoms with Crippen molar-refractivity contribution in [2.75, 3.05) is 33.7 Å². The highest BCUT2D eigenvalue weighted by Gasteiger charge is 2.20. The SMILES string of the molecule is CN1CCC(N(C)CCC(=O)c2ccccc2)CC1. The molecule has 0 amide bonds. The van der Waals surface area contributed by atoms with Crippen molar-refractivity contribution in [3.63, 3.8) is 0 Å². The maximum Gasteiger partial charge on any atom is 0.164 e. The molecule has 0 unspecified atom stereocenters. The first kappa shape index (κ1) is 14.2. The zero-order valence-corrected chi connectivity index (χ0v) is 12.0. The van der Waals surface area contributed by atoms with Gasteiger partial charge in [0.25, 0.3) is 0 Å². The predicted octanol–water partition coefficient (Wildman–Crippen LogP) is 2.29. The Morgan fingerprint density at radius 3 is 2.53 bits per heavy atom. The average Bonchev–Trinajstić information content (AvgIpc) is 2.46. The molecule has 0 N–H and O–H groups in total. The Balaban J connectivity index is 1.77. The first-order chi connectivity index (χ1) is 9.16. The van der Waals surface area contributed by atoms with E-state index in [4.69, 9.17) is 0 Å². The highest BCUT2D eigenvalue weighted by molar-refractivity contribution is 5.96. The summed E-state index contributed by atoms with van der Waals surface area (Å²) in [7, 11) is 4.32. The van der Waals surface area contributed by atoms with Gasteiger partial charge in [0.15, 0.2) is 5.78 Å². The highest BCUT2D eigenvalue weighted by atomic mass is 16.1. The molecule has 19 heavy (non-hydrogen) atoms. The largest absolute Gasteiger partial charge is 0.306 e. The van der Waals surface area contributed by atoms with Gasteiger partial charge in [-0.05, 0) is 40.0 Å². The second-order valence-corrected chi connectivity index (χ2v) is 5.55. The summed E-state index contributed by atoms with van der Waals surface area (Å²) >= 11 is 0. The standard InChI is InChI=1S/C16H24N2O/c1-17-11-8-15(9-12-17)18(2)13-10-16(19)14-6-4-3-5-7-14/h3-7,15H,8-13H2,1-2H3. The maximum atomic E-state index is 12.0. The van der Waals surface area contributed by atoms with Crippen LogP contribution in [0.25, 0.3) is 0 Å². The molecule has 1 aromatic rings. The Bertz CT molecular complexity index is 396. The van der Waals surface area contributed by atoms with Gasteiger partial charge in [0, 0.05) is 24.6 Å². The number of carbonyl (C=O) groups excluding carboxylic acids is 1. The fraction of sp³-hybridized carbons (Fsp3) is 0.562. The van der Waals surface area contributed by atoms with Crippen molar-refractivity contribution in [2.24, 2.45) is 0 Å². The summed E-state index contributed by atoms with van der Waals surface area (Å²) in [5.41, 5.74) is 0.833. The Morgan fingerprint density at radius 1 is 1.26 bits per heavy atom. The molecule has 0 aromatic heterocycles. The molecule has 1 aliphatic rings. The zero-order valence-electron chi connectivity index (χ0n) is 12.0. The van der Waals surface area contributed by atoms with Crippen LogP contribution in [0.4, 0.5) is 0 Å². The Labute approximate surface area is 116 Å². The highest BCUT2D eigenvalue weighted by Crippen LogP contribution is 2.14. The molecule has 1 aliphatic heterocycles. The molecule has 0 radical (unpaired) electrons. The number of rotatable bonds is 5. The third kappa shape index (κ3) is 4.15. The minimum Gasteiger partial charge on any atom is -0.306 e. The van der Waals surface area contributed by atoms with Gasteiger partial charge in [-0.1, -0.05) is 30.3 Å². The number of Topliss-reactive ketones (excluding diaryl/α,β-unsaturated/α-hetero) is 1. The van der Waals surface area contributed by atoms with Crippen LogP contribution in [-0.2, 0) is 0 Å². The van der Waals surface area contributed by atoms with E-state index in [1.807, 2.05) is 30.3 Å². The number of nitrogens with zero attached hydrogens (tertiary/aromatic N) is 2. The molecule has 0 aliphatic carbocycles. The van der Waals surface area contributed by atoms with Crippen molar-refractivity contribution in [3.05, 3.63) is 35.9 Å². The molecular formula is C16H24N2O. The second kappa shape index (κ2) is 6.83. The molecule has 1 heterocycles. The van der Waals surface area contributed by atoms with E-state index in [0.29, 0.717) is 12.5 Å². The van der Waals surface area contributed by atoms with Crippen LogP contribution in [0.1, 0.15) is 29.6 Å². The summed E-state index contributed by atoms with van der Waals surface area (Å²) in [6.45, 7) is 3.20. The normalized spacial score (nSPS) is 17.8. The molecule has 0 spiro atoms. The van der Waals surface area contributed by atoms with Gasteiger partial charge in [0.05, 0.1) is 0 Å². The van der Waals surface area contributed by atoms with Crippen molar-refractivity contribution in [1.29, 1.82) is 0 Å². The first-order valence-corrected chi connectivity index (χ1v) is 7.14. The fourth-order valence-electron chi connectivity index (χ4n) is 2.66. The molecule has 0 bridgehead atoms. The number of ketones is 1. The fourth-order valence-corrected chi connectivity index (χ4v) is 2.66. The van der Waals surface area contributed by atoms with Crippen LogP contribution in [0.15, 0.2) is 30.3 Å². The smallest absolute Gasteiger partial charge is 0.164 e. The van der Waals surface area contributed by atoms with Crippen LogP contribution in [0.3, 0.4) is 0 Å². The van der Waals surface area contributed by atoms with Gasteiger partial charge in [-0.25, -0.2) is 0 Å². The Hall–Kier alpha value is -1.19. The number of hydrogen-bond acceptors (Lipinski definition) is 3. The van der Waals surface area contributed by atoms with Crippen molar-refractivity contribution in [1.82, 2.24) is 9.80 Å². The van der Waals surface area contributed by atoms with Crippen molar-refractivity contribution < 1.29 is 4.79 Å². The number of hydrogen-bond donors (Lipinski definition) is 0. The lowest BCUT2D eigenvalue weighted by atomic mass is 10.0. The number of piperidine rings is 1. The third-order valence-electron chi connectivity index (χ3n) is 4.10. The summed E-state index contributed by atoms with van der Waals surface area (Å²) in [5.74, 6) is 0.250. The molecule has 1 fully saturated rings. The molecule has 0 saturated carbocycles. The first-order valence-electron chi connectivity index (χ1n) is 7.14. The van der Waals surface area contributed by atoms with Crippen LogP contribution in [0, 0.1) is 0 Å². The number of carbonyl (C=O) groups is 1. The van der Waals surface area contributed by atoms with Crippen molar-refractivity contribution in [3.8, 4) is 0 Å². The van der Waals surface area contributed by atoms with Gasteiger partial charge in [0.1, 0.15) is 0 Å². The van der Waals surface area contributed by atoms with Crippen LogP contribution >= 0.6 is 0 Å². The summed E-state index contributed by atoms with van der Waals surface area (Å²) < 4.78 is 0. The van der Waals surface area contributed by atoms with Gasteiger partial charge in [-0.2, -0.15) is 0 Å². The molecule has 1 saturated heterocycles. The topological polar surface area (TPSA) is 23.6 Å². The van der Waals surface area contributed by atoms with E-state index in [9.17, 15) is 4.79 Å². The summed E-state index contributed by atoms with van der Waals surface area (Å²) in [4.78, 5) is 16.8. The van der Waals surface area contributed by atoms with E-state index in [0.717, 1.165) is 12.1 Å². The Kier molecular flexibility index (Phi) is 5.11. The lowest BCUT2D eigenvalue weighted by Crippen LogP contribution is -2.42. The quantitative estimate of drug-likeness (QED) is 0.759. The van der Waals surface area contributed by atoms with Crippen molar-refractivity contribution in [2.45, 2.75) is 25.3 Å². The second-order valence-electron chi connectivity index (χ2n) is 5.55. The molecule has 2 rings (SSSR count). The monoisotopic (exact) mass is 260 g/mol. The molecule has 0 atom stereocenters. The van der Waals surface area contributed by atoms with Gasteiger partial charge in [-0.3, -0.25) is 4.79 Å². The number of likely N-dealkylation sites (tertiary alicyclic amines) is 1. The summed E-state index contributed by atoms with van der Waals surface area (Å²) in [6, 6.07) is 10.2. The zero-order chi connectivity index (χ0) is 13.7. The van der Waals surface area contributed by atoms with Crippen LogP contribution in [-0.4, -0.2) is 55.4 Å². The Morgan fingerprint density at radius 2 is 1.89 bits per heavy atom. The third-order valence-corrected chi connectivity index (χ3v) is 4.10. The van der Waals surface area contributed by atoms with Crippen LogP contribution in [0.2, 0.25) is 0 Å². The van der Waals surface area contributed by atoms with E-state index < -0.39 is 0 Å². The van der Waals surface area contributed by atoms with Crippen LogP contribution < -0.4 is 0 Å². The molecule has 3 nitrogen and oxygen atoms in total. The average molecular weight is 260 g/mol. The summed E-state index contributed by atoms with van der Waals surface area (Å²) in [5, 5.41) is 0. The minimum absolute atomic E-state index is 0.250. The van der Waals surface area contributed by atoms with Gasteiger partial charge < -0.3 is 9.80 Å². The lowest BCUT2D eigenvalue weighted by Gasteiger charge is -2.35. The van der Waals surface area contributed by atoms with Gasteiger partial charge in [-0.15, -0.1) is 0 Å². The van der Waals surface area contributed by atoms with Gasteiger partial charge >= 0.3 is 0 Å². The number of benzene rings is 1. The maximum absolute atomic E-state index is 12.0. The van der Waals surface area contributed by atoms with E-state index in [1.165, 1.54) is 25.9 Å². The van der Waals surface area contributed by atoms with Crippen LogP contribution in [0.5, 0.6) is 0 Å².